The fourth-order valence-corrected chi connectivity index (χ4v) is 3.00. The van der Waals surface area contributed by atoms with Gasteiger partial charge in [0.25, 0.3) is 0 Å². The second-order valence-electron chi connectivity index (χ2n) is 5.41. The van der Waals surface area contributed by atoms with Gasteiger partial charge in [0.15, 0.2) is 0 Å². The van der Waals surface area contributed by atoms with Gasteiger partial charge in [0.2, 0.25) is 11.8 Å². The molecule has 1 saturated carbocycles. The third kappa shape index (κ3) is 3.22. The molecule has 2 amide bonds. The van der Waals surface area contributed by atoms with Crippen molar-refractivity contribution < 1.29 is 9.59 Å². The number of rotatable bonds is 4. The molecule has 1 saturated heterocycles. The molecule has 102 valence electrons. The van der Waals surface area contributed by atoms with Crippen molar-refractivity contribution in [2.24, 2.45) is 11.7 Å². The number of hydrogen-bond acceptors (Lipinski definition) is 3. The molecule has 1 aliphatic heterocycles. The van der Waals surface area contributed by atoms with Gasteiger partial charge in [0.05, 0.1) is 0 Å². The number of amides is 2. The summed E-state index contributed by atoms with van der Waals surface area (Å²) in [7, 11) is 0. The Hall–Kier alpha value is -1.10. The molecule has 1 heterocycles. The van der Waals surface area contributed by atoms with Crippen molar-refractivity contribution in [3.63, 3.8) is 0 Å². The lowest BCUT2D eigenvalue weighted by Crippen LogP contribution is -2.51. The lowest BCUT2D eigenvalue weighted by atomic mass is 9.84. The van der Waals surface area contributed by atoms with Crippen LogP contribution in [0.15, 0.2) is 0 Å². The van der Waals surface area contributed by atoms with E-state index in [-0.39, 0.29) is 23.9 Å². The van der Waals surface area contributed by atoms with Gasteiger partial charge in [-0.15, -0.1) is 0 Å². The molecular formula is C13H23N3O2. The monoisotopic (exact) mass is 253 g/mol. The van der Waals surface area contributed by atoms with Gasteiger partial charge in [-0.3, -0.25) is 9.59 Å². The zero-order chi connectivity index (χ0) is 13.0. The number of nitrogens with one attached hydrogen (secondary N) is 2. The van der Waals surface area contributed by atoms with Crippen molar-refractivity contribution >= 4 is 11.8 Å². The molecule has 0 aromatic rings. The van der Waals surface area contributed by atoms with Crippen LogP contribution in [0.2, 0.25) is 0 Å². The van der Waals surface area contributed by atoms with Gasteiger partial charge in [-0.2, -0.15) is 0 Å². The van der Waals surface area contributed by atoms with E-state index in [2.05, 4.69) is 10.6 Å². The van der Waals surface area contributed by atoms with Gasteiger partial charge < -0.3 is 16.4 Å². The highest BCUT2D eigenvalue weighted by Gasteiger charge is 2.30. The van der Waals surface area contributed by atoms with E-state index < -0.39 is 0 Å². The Morgan fingerprint density at radius 1 is 1.33 bits per heavy atom. The van der Waals surface area contributed by atoms with E-state index in [1.165, 1.54) is 19.3 Å². The van der Waals surface area contributed by atoms with E-state index in [1.54, 1.807) is 0 Å². The molecule has 0 bridgehead atoms. The molecule has 0 spiro atoms. The van der Waals surface area contributed by atoms with Crippen LogP contribution in [-0.2, 0) is 9.59 Å². The van der Waals surface area contributed by atoms with Crippen molar-refractivity contribution in [1.82, 2.24) is 10.6 Å². The summed E-state index contributed by atoms with van der Waals surface area (Å²) >= 11 is 0. The minimum absolute atomic E-state index is 0.0304. The summed E-state index contributed by atoms with van der Waals surface area (Å²) in [5.41, 5.74) is 5.78. The van der Waals surface area contributed by atoms with Crippen LogP contribution in [0.3, 0.4) is 0 Å². The minimum atomic E-state index is -0.352. The smallest absolute Gasteiger partial charge is 0.242 e. The maximum absolute atomic E-state index is 12.0. The Morgan fingerprint density at radius 3 is 2.61 bits per heavy atom. The third-order valence-electron chi connectivity index (χ3n) is 4.11. The molecule has 5 heteroatoms. The zero-order valence-electron chi connectivity index (χ0n) is 10.8. The maximum Gasteiger partial charge on any atom is 0.242 e. The molecule has 1 unspecified atom stereocenters. The van der Waals surface area contributed by atoms with E-state index in [9.17, 15) is 9.59 Å². The van der Waals surface area contributed by atoms with Crippen molar-refractivity contribution in [1.29, 1.82) is 0 Å². The first-order valence-corrected chi connectivity index (χ1v) is 7.00. The SMILES string of the molecule is NCC(NC(=O)[C@@H]1CCC(=O)N1)C1CCCCC1. The lowest BCUT2D eigenvalue weighted by molar-refractivity contribution is -0.126. The maximum atomic E-state index is 12.0. The van der Waals surface area contributed by atoms with Crippen LogP contribution in [0.5, 0.6) is 0 Å². The van der Waals surface area contributed by atoms with Gasteiger partial charge in [-0.25, -0.2) is 0 Å². The Morgan fingerprint density at radius 2 is 2.06 bits per heavy atom. The number of hydrogen-bond donors (Lipinski definition) is 3. The summed E-state index contributed by atoms with van der Waals surface area (Å²) in [6, 6.07) is -0.287. The molecule has 2 aliphatic rings. The summed E-state index contributed by atoms with van der Waals surface area (Å²) in [6.07, 6.45) is 7.12. The molecule has 2 fully saturated rings. The van der Waals surface area contributed by atoms with Gasteiger partial charge in [-0.05, 0) is 25.2 Å². The lowest BCUT2D eigenvalue weighted by Gasteiger charge is -2.30. The first-order chi connectivity index (χ1) is 8.70. The van der Waals surface area contributed by atoms with E-state index in [4.69, 9.17) is 5.73 Å². The van der Waals surface area contributed by atoms with Gasteiger partial charge in [-0.1, -0.05) is 19.3 Å². The van der Waals surface area contributed by atoms with Gasteiger partial charge >= 0.3 is 0 Å². The number of carbonyl (C=O) groups excluding carboxylic acids is 2. The van der Waals surface area contributed by atoms with Crippen molar-refractivity contribution in [2.75, 3.05) is 6.54 Å². The fraction of sp³-hybridized carbons (Fsp3) is 0.846. The molecule has 2 rings (SSSR count). The van der Waals surface area contributed by atoms with Crippen LogP contribution < -0.4 is 16.4 Å². The molecule has 0 aromatic carbocycles. The van der Waals surface area contributed by atoms with E-state index >= 15 is 0 Å². The van der Waals surface area contributed by atoms with Gasteiger partial charge in [0, 0.05) is 19.0 Å². The number of nitrogens with two attached hydrogens (primary N) is 1. The van der Waals surface area contributed by atoms with Crippen molar-refractivity contribution in [3.05, 3.63) is 0 Å². The third-order valence-corrected chi connectivity index (χ3v) is 4.11. The first-order valence-electron chi connectivity index (χ1n) is 7.00. The van der Waals surface area contributed by atoms with Crippen LogP contribution in [0, 0.1) is 5.92 Å². The Kier molecular flexibility index (Phi) is 4.58. The Bertz CT molecular complexity index is 313. The Balaban J connectivity index is 1.85. The van der Waals surface area contributed by atoms with Crippen LogP contribution in [0.4, 0.5) is 0 Å². The molecule has 5 nitrogen and oxygen atoms in total. The molecule has 18 heavy (non-hydrogen) atoms. The average Bonchev–Trinajstić information content (AvgIpc) is 2.83. The molecule has 1 aliphatic carbocycles. The topological polar surface area (TPSA) is 84.2 Å². The van der Waals surface area contributed by atoms with E-state index in [0.717, 1.165) is 12.8 Å². The summed E-state index contributed by atoms with van der Waals surface area (Å²) in [4.78, 5) is 23.1. The normalized spacial score (nSPS) is 26.7. The highest BCUT2D eigenvalue weighted by molar-refractivity contribution is 5.90. The Labute approximate surface area is 108 Å². The first kappa shape index (κ1) is 13.3. The largest absolute Gasteiger partial charge is 0.350 e. The summed E-state index contributed by atoms with van der Waals surface area (Å²) in [5, 5.41) is 5.71. The van der Waals surface area contributed by atoms with Crippen LogP contribution >= 0.6 is 0 Å². The zero-order valence-corrected chi connectivity index (χ0v) is 10.8. The summed E-state index contributed by atoms with van der Waals surface area (Å²) in [6.45, 7) is 0.483. The molecule has 2 atom stereocenters. The average molecular weight is 253 g/mol. The fourth-order valence-electron chi connectivity index (χ4n) is 3.00. The van der Waals surface area contributed by atoms with Crippen molar-refractivity contribution in [3.8, 4) is 0 Å². The van der Waals surface area contributed by atoms with Gasteiger partial charge in [0.1, 0.15) is 6.04 Å². The molecular weight excluding hydrogens is 230 g/mol. The predicted molar refractivity (Wildman–Crippen MR) is 68.7 cm³/mol. The molecule has 4 N–H and O–H groups in total. The molecule has 0 radical (unpaired) electrons. The number of carbonyl (C=O) groups is 2. The van der Waals surface area contributed by atoms with Crippen LogP contribution in [0.25, 0.3) is 0 Å². The standard InChI is InChI=1S/C13H23N3O2/c14-8-11(9-4-2-1-3-5-9)16-13(18)10-6-7-12(17)15-10/h9-11H,1-8,14H2,(H,15,17)(H,16,18)/t10-,11?/m0/s1. The second kappa shape index (κ2) is 6.18. The molecule has 0 aromatic heterocycles. The quantitative estimate of drug-likeness (QED) is 0.673. The minimum Gasteiger partial charge on any atom is -0.350 e. The second-order valence-corrected chi connectivity index (χ2v) is 5.41. The predicted octanol–water partition coefficient (Wildman–Crippen LogP) is 0.289. The summed E-state index contributed by atoms with van der Waals surface area (Å²) in [5.74, 6) is 0.406. The highest BCUT2D eigenvalue weighted by Crippen LogP contribution is 2.26. The van der Waals surface area contributed by atoms with Crippen molar-refractivity contribution in [2.45, 2.75) is 57.0 Å². The van der Waals surface area contributed by atoms with Crippen LogP contribution in [0.1, 0.15) is 44.9 Å². The van der Waals surface area contributed by atoms with E-state index in [1.807, 2.05) is 0 Å². The highest BCUT2D eigenvalue weighted by atomic mass is 16.2. The summed E-state index contributed by atoms with van der Waals surface area (Å²) < 4.78 is 0. The van der Waals surface area contributed by atoms with Crippen LogP contribution in [-0.4, -0.2) is 30.4 Å². The van der Waals surface area contributed by atoms with E-state index in [0.29, 0.717) is 25.3 Å².